The smallest absolute Gasteiger partial charge is 0.131 e. The zero-order chi connectivity index (χ0) is 23.5. The van der Waals surface area contributed by atoms with Gasteiger partial charge in [0.05, 0.1) is 30.6 Å². The molecule has 0 radical (unpaired) electrons. The Hall–Kier alpha value is -3.48. The monoisotopic (exact) mass is 487 g/mol. The highest BCUT2D eigenvalue weighted by molar-refractivity contribution is 7.00. The molecular formula is C27H22ClN3O2S. The molecule has 0 N–H and O–H groups in total. The van der Waals surface area contributed by atoms with Gasteiger partial charge in [-0.15, -0.1) is 0 Å². The van der Waals surface area contributed by atoms with Gasteiger partial charge in [0.15, 0.2) is 0 Å². The van der Waals surface area contributed by atoms with Gasteiger partial charge in [-0.3, -0.25) is 0 Å². The number of hydrogen-bond donors (Lipinski definition) is 0. The molecule has 3 aromatic carbocycles. The zero-order valence-electron chi connectivity index (χ0n) is 18.8. The number of hydrogen-bond acceptors (Lipinski definition) is 6. The topological polar surface area (TPSA) is 57.1 Å². The average molecular weight is 488 g/mol. The van der Waals surface area contributed by atoms with Crippen LogP contribution < -0.4 is 9.47 Å². The van der Waals surface area contributed by atoms with Crippen molar-refractivity contribution in [3.05, 3.63) is 77.8 Å². The Morgan fingerprint density at radius 1 is 0.706 bits per heavy atom. The van der Waals surface area contributed by atoms with Crippen LogP contribution in [0.25, 0.3) is 44.7 Å². The predicted molar refractivity (Wildman–Crippen MR) is 139 cm³/mol. The fraction of sp³-hybridized carbons (Fsp3) is 0.148. The molecule has 0 saturated carbocycles. The second kappa shape index (κ2) is 9.79. The Balaban J connectivity index is 1.76. The van der Waals surface area contributed by atoms with E-state index in [4.69, 9.17) is 30.4 Å². The average Bonchev–Trinajstić information content (AvgIpc) is 3.35. The Morgan fingerprint density at radius 3 is 1.91 bits per heavy atom. The summed E-state index contributed by atoms with van der Waals surface area (Å²) in [5.41, 5.74) is 6.73. The number of nitrogens with zero attached hydrogens (tertiary/aromatic N) is 3. The van der Waals surface area contributed by atoms with E-state index in [1.807, 2.05) is 86.6 Å². The van der Waals surface area contributed by atoms with Crippen molar-refractivity contribution >= 4 is 34.4 Å². The highest BCUT2D eigenvalue weighted by Gasteiger charge is 2.22. The maximum absolute atomic E-state index is 6.65. The van der Waals surface area contributed by atoms with E-state index in [2.05, 4.69) is 4.37 Å². The Labute approximate surface area is 207 Å². The fourth-order valence-corrected chi connectivity index (χ4v) is 4.70. The Kier molecular flexibility index (Phi) is 6.43. The predicted octanol–water partition coefficient (Wildman–Crippen LogP) is 7.54. The lowest BCUT2D eigenvalue weighted by molar-refractivity contribution is 0.340. The number of aromatic nitrogens is 3. The van der Waals surface area contributed by atoms with Gasteiger partial charge in [0.1, 0.15) is 28.2 Å². The van der Waals surface area contributed by atoms with Gasteiger partial charge < -0.3 is 9.47 Å². The molecule has 0 fully saturated rings. The molecule has 0 aliphatic heterocycles. The molecule has 5 rings (SSSR count). The Morgan fingerprint density at radius 2 is 1.29 bits per heavy atom. The van der Waals surface area contributed by atoms with Crippen molar-refractivity contribution in [2.24, 2.45) is 0 Å². The molecule has 0 unspecified atom stereocenters. The molecule has 5 aromatic rings. The quantitative estimate of drug-likeness (QED) is 0.237. The lowest BCUT2D eigenvalue weighted by Crippen LogP contribution is -1.97. The van der Waals surface area contributed by atoms with Crippen molar-refractivity contribution in [3.63, 3.8) is 0 Å². The molecule has 170 valence electrons. The summed E-state index contributed by atoms with van der Waals surface area (Å²) in [5.74, 6) is 1.63. The second-order valence-corrected chi connectivity index (χ2v) is 8.48. The van der Waals surface area contributed by atoms with Crippen LogP contribution in [0.2, 0.25) is 5.02 Å². The van der Waals surface area contributed by atoms with Crippen molar-refractivity contribution in [2.45, 2.75) is 13.8 Å². The minimum atomic E-state index is 0.614. The Bertz CT molecular complexity index is 1430. The summed E-state index contributed by atoms with van der Waals surface area (Å²) in [6.07, 6.45) is 0. The third kappa shape index (κ3) is 4.22. The van der Waals surface area contributed by atoms with Crippen LogP contribution >= 0.6 is 23.3 Å². The summed E-state index contributed by atoms with van der Waals surface area (Å²) < 4.78 is 20.6. The number of ether oxygens (including phenoxy) is 2. The molecule has 7 heteroatoms. The van der Waals surface area contributed by atoms with Gasteiger partial charge in [0, 0.05) is 21.7 Å². The highest BCUT2D eigenvalue weighted by Crippen LogP contribution is 2.42. The van der Waals surface area contributed by atoms with Crippen molar-refractivity contribution in [1.82, 2.24) is 13.7 Å². The summed E-state index contributed by atoms with van der Waals surface area (Å²) in [6.45, 7) is 5.17. The van der Waals surface area contributed by atoms with Gasteiger partial charge in [-0.25, -0.2) is 4.98 Å². The molecule has 2 aromatic heterocycles. The summed E-state index contributed by atoms with van der Waals surface area (Å²) in [7, 11) is 0. The van der Waals surface area contributed by atoms with E-state index < -0.39 is 0 Å². The summed E-state index contributed by atoms with van der Waals surface area (Å²) in [4.78, 5) is 5.13. The third-order valence-electron chi connectivity index (χ3n) is 5.43. The first-order valence-corrected chi connectivity index (χ1v) is 12.2. The highest BCUT2D eigenvalue weighted by atomic mass is 35.5. The number of halogens is 1. The van der Waals surface area contributed by atoms with E-state index in [1.54, 1.807) is 0 Å². The molecule has 0 bridgehead atoms. The van der Waals surface area contributed by atoms with Crippen molar-refractivity contribution < 1.29 is 9.47 Å². The molecule has 34 heavy (non-hydrogen) atoms. The van der Waals surface area contributed by atoms with E-state index in [0.717, 1.165) is 56.2 Å². The van der Waals surface area contributed by atoms with Crippen molar-refractivity contribution in [3.8, 4) is 45.1 Å². The molecule has 2 heterocycles. The lowest BCUT2D eigenvalue weighted by Gasteiger charge is -2.15. The summed E-state index contributed by atoms with van der Waals surface area (Å²) in [5, 5.41) is 0.627. The maximum Gasteiger partial charge on any atom is 0.131 e. The number of rotatable bonds is 7. The molecule has 0 aliphatic rings. The van der Waals surface area contributed by atoms with E-state index >= 15 is 0 Å². The van der Waals surface area contributed by atoms with Gasteiger partial charge >= 0.3 is 0 Å². The summed E-state index contributed by atoms with van der Waals surface area (Å²) in [6, 6.07) is 23.6. The zero-order valence-corrected chi connectivity index (χ0v) is 20.4. The molecule has 0 aliphatic carbocycles. The van der Waals surface area contributed by atoms with Crippen LogP contribution in [0, 0.1) is 0 Å². The fourth-order valence-electron chi connectivity index (χ4n) is 3.92. The van der Waals surface area contributed by atoms with Crippen LogP contribution in [0.3, 0.4) is 0 Å². The lowest BCUT2D eigenvalue weighted by atomic mass is 9.96. The normalized spacial score (nSPS) is 11.0. The molecular weight excluding hydrogens is 466 g/mol. The minimum Gasteiger partial charge on any atom is -0.494 e. The van der Waals surface area contributed by atoms with Crippen LogP contribution in [-0.4, -0.2) is 26.9 Å². The minimum absolute atomic E-state index is 0.614. The van der Waals surface area contributed by atoms with Crippen molar-refractivity contribution in [1.29, 1.82) is 0 Å². The molecule has 0 amide bonds. The van der Waals surface area contributed by atoms with Crippen LogP contribution in [0.4, 0.5) is 0 Å². The number of pyridine rings is 1. The van der Waals surface area contributed by atoms with E-state index in [9.17, 15) is 0 Å². The SMILES string of the molecule is CCOc1ccc(-c2nc(-c3ccccc3Cl)c(-c3ccc(OCC)cc3)c3nsnc23)cc1. The van der Waals surface area contributed by atoms with Crippen LogP contribution in [0.15, 0.2) is 72.8 Å². The number of fused-ring (bicyclic) bond motifs is 1. The van der Waals surface area contributed by atoms with Crippen LogP contribution in [0.5, 0.6) is 11.5 Å². The molecule has 0 spiro atoms. The van der Waals surface area contributed by atoms with Gasteiger partial charge in [0.25, 0.3) is 0 Å². The summed E-state index contributed by atoms with van der Waals surface area (Å²) >= 11 is 7.83. The third-order valence-corrected chi connectivity index (χ3v) is 6.29. The first kappa shape index (κ1) is 22.3. The molecule has 0 atom stereocenters. The first-order valence-electron chi connectivity index (χ1n) is 11.1. The van der Waals surface area contributed by atoms with Crippen LogP contribution in [-0.2, 0) is 0 Å². The van der Waals surface area contributed by atoms with E-state index in [-0.39, 0.29) is 0 Å². The maximum atomic E-state index is 6.65. The number of benzene rings is 3. The largest absolute Gasteiger partial charge is 0.494 e. The van der Waals surface area contributed by atoms with E-state index in [1.165, 1.54) is 11.7 Å². The van der Waals surface area contributed by atoms with E-state index in [0.29, 0.717) is 18.2 Å². The van der Waals surface area contributed by atoms with Crippen molar-refractivity contribution in [2.75, 3.05) is 13.2 Å². The standard InChI is InChI=1S/C27H22ClN3O2S/c1-3-32-19-13-9-17(10-14-19)23-25(21-7-5-6-8-22(21)28)29-24(27-26(23)30-34-31-27)18-11-15-20(16-12-18)33-4-2/h5-16H,3-4H2,1-2H3. The molecule has 5 nitrogen and oxygen atoms in total. The van der Waals surface area contributed by atoms with Gasteiger partial charge in [0.2, 0.25) is 0 Å². The first-order chi connectivity index (χ1) is 16.7. The van der Waals surface area contributed by atoms with Gasteiger partial charge in [-0.05, 0) is 61.9 Å². The van der Waals surface area contributed by atoms with Crippen LogP contribution in [0.1, 0.15) is 13.8 Å². The van der Waals surface area contributed by atoms with Gasteiger partial charge in [-0.1, -0.05) is 41.9 Å². The second-order valence-electron chi connectivity index (χ2n) is 7.54. The molecule has 0 saturated heterocycles. The van der Waals surface area contributed by atoms with Gasteiger partial charge in [-0.2, -0.15) is 8.75 Å².